The van der Waals surface area contributed by atoms with Gasteiger partial charge in [0.05, 0.1) is 0 Å². The molecule has 1 rings (SSSR count). The zero-order chi connectivity index (χ0) is 10.4. The van der Waals surface area contributed by atoms with Crippen molar-refractivity contribution < 1.29 is 9.13 Å². The first-order valence-electron chi connectivity index (χ1n) is 4.45. The van der Waals surface area contributed by atoms with Crippen molar-refractivity contribution in [3.05, 3.63) is 36.0 Å². The van der Waals surface area contributed by atoms with Gasteiger partial charge in [-0.05, 0) is 26.0 Å². The maximum Gasteiger partial charge on any atom is 0.228 e. The molecule has 1 aromatic rings. The minimum atomic E-state index is -0.800. The molecule has 0 aliphatic heterocycles. The second-order valence-corrected chi connectivity index (χ2v) is 2.88. The van der Waals surface area contributed by atoms with Crippen molar-refractivity contribution in [3.63, 3.8) is 0 Å². The van der Waals surface area contributed by atoms with Gasteiger partial charge in [-0.2, -0.15) is 0 Å². The summed E-state index contributed by atoms with van der Waals surface area (Å²) in [4.78, 5) is 0. The van der Waals surface area contributed by atoms with Crippen LogP contribution in [0.5, 0.6) is 5.75 Å². The molecule has 1 N–H and O–H groups in total. The molecule has 1 aromatic carbocycles. The third-order valence-electron chi connectivity index (χ3n) is 1.83. The molecule has 14 heavy (non-hydrogen) atoms. The van der Waals surface area contributed by atoms with E-state index in [0.717, 1.165) is 11.4 Å². The summed E-state index contributed by atoms with van der Waals surface area (Å²) >= 11 is 0. The molecule has 0 fully saturated rings. The first kappa shape index (κ1) is 10.6. The monoisotopic (exact) mass is 195 g/mol. The van der Waals surface area contributed by atoms with Crippen LogP contribution in [-0.4, -0.2) is 6.86 Å². The van der Waals surface area contributed by atoms with Crippen LogP contribution in [0, 0.1) is 0 Å². The molecule has 0 unspecified atom stereocenters. The third kappa shape index (κ3) is 3.09. The molecule has 0 atom stereocenters. The molecule has 0 amide bonds. The molecule has 0 radical (unpaired) electrons. The Hall–Kier alpha value is -1.51. The second kappa shape index (κ2) is 5.27. The van der Waals surface area contributed by atoms with E-state index in [1.165, 1.54) is 0 Å². The highest BCUT2D eigenvalue weighted by Crippen LogP contribution is 2.18. The summed E-state index contributed by atoms with van der Waals surface area (Å²) in [6.45, 7) is 3.11. The van der Waals surface area contributed by atoms with Crippen molar-refractivity contribution in [2.45, 2.75) is 13.8 Å². The minimum absolute atomic E-state index is 0.529. The zero-order valence-electron chi connectivity index (χ0n) is 8.38. The molecule has 0 saturated heterocycles. The van der Waals surface area contributed by atoms with E-state index < -0.39 is 6.86 Å². The van der Waals surface area contributed by atoms with Crippen molar-refractivity contribution in [1.82, 2.24) is 0 Å². The Morgan fingerprint density at radius 2 is 2.36 bits per heavy atom. The normalized spacial score (nSPS) is 11.2. The molecule has 2 nitrogen and oxygen atoms in total. The summed E-state index contributed by atoms with van der Waals surface area (Å²) in [5.74, 6) is 0.529. The number of hydrogen-bond acceptors (Lipinski definition) is 2. The lowest BCUT2D eigenvalue weighted by atomic mass is 10.3. The molecule has 76 valence electrons. The fourth-order valence-corrected chi connectivity index (χ4v) is 1.03. The summed E-state index contributed by atoms with van der Waals surface area (Å²) in [7, 11) is 0. The van der Waals surface area contributed by atoms with Gasteiger partial charge < -0.3 is 10.1 Å². The van der Waals surface area contributed by atoms with Crippen LogP contribution in [-0.2, 0) is 0 Å². The maximum atomic E-state index is 11.9. The molecule has 0 aliphatic rings. The van der Waals surface area contributed by atoms with Gasteiger partial charge in [0, 0.05) is 17.5 Å². The number of alkyl halides is 1. The molecule has 0 aliphatic carbocycles. The molecular formula is C11H14FNO. The number of allylic oxidation sites excluding steroid dienone is 2. The molecular weight excluding hydrogens is 181 g/mol. The molecule has 0 spiro atoms. The number of hydrogen-bond donors (Lipinski definition) is 1. The van der Waals surface area contributed by atoms with E-state index in [4.69, 9.17) is 4.74 Å². The summed E-state index contributed by atoms with van der Waals surface area (Å²) in [6.07, 6.45) is 1.96. The second-order valence-electron chi connectivity index (χ2n) is 2.88. The minimum Gasteiger partial charge on any atom is -0.463 e. The Labute approximate surface area is 83.4 Å². The van der Waals surface area contributed by atoms with Crippen LogP contribution in [0.25, 0.3) is 0 Å². The van der Waals surface area contributed by atoms with Gasteiger partial charge >= 0.3 is 0 Å². The van der Waals surface area contributed by atoms with E-state index in [1.54, 1.807) is 12.1 Å². The van der Waals surface area contributed by atoms with Gasteiger partial charge in [-0.1, -0.05) is 12.1 Å². The van der Waals surface area contributed by atoms with E-state index in [1.807, 2.05) is 32.1 Å². The van der Waals surface area contributed by atoms with E-state index in [-0.39, 0.29) is 0 Å². The number of benzene rings is 1. The highest BCUT2D eigenvalue weighted by atomic mass is 19.1. The topological polar surface area (TPSA) is 21.3 Å². The summed E-state index contributed by atoms with van der Waals surface area (Å²) in [5.41, 5.74) is 1.94. The van der Waals surface area contributed by atoms with Gasteiger partial charge in [0.15, 0.2) is 0 Å². The van der Waals surface area contributed by atoms with Crippen molar-refractivity contribution in [1.29, 1.82) is 0 Å². The van der Waals surface area contributed by atoms with Crippen LogP contribution < -0.4 is 10.1 Å². The predicted molar refractivity (Wildman–Crippen MR) is 56.1 cm³/mol. The van der Waals surface area contributed by atoms with Gasteiger partial charge in [0.2, 0.25) is 6.86 Å². The van der Waals surface area contributed by atoms with Crippen LogP contribution in [0.3, 0.4) is 0 Å². The van der Waals surface area contributed by atoms with Crippen LogP contribution in [0.1, 0.15) is 13.8 Å². The lowest BCUT2D eigenvalue weighted by molar-refractivity contribution is 0.192. The fourth-order valence-electron chi connectivity index (χ4n) is 1.03. The van der Waals surface area contributed by atoms with Crippen LogP contribution in [0.15, 0.2) is 36.0 Å². The first-order valence-corrected chi connectivity index (χ1v) is 4.45. The molecule has 0 heterocycles. The summed E-state index contributed by atoms with van der Waals surface area (Å²) < 4.78 is 16.6. The van der Waals surface area contributed by atoms with Gasteiger partial charge in [0.25, 0.3) is 0 Å². The van der Waals surface area contributed by atoms with Crippen molar-refractivity contribution in [3.8, 4) is 5.75 Å². The molecule has 3 heteroatoms. The average Bonchev–Trinajstić information content (AvgIpc) is 2.19. The largest absolute Gasteiger partial charge is 0.463 e. The van der Waals surface area contributed by atoms with Crippen LogP contribution in [0.2, 0.25) is 0 Å². The molecule has 0 saturated carbocycles. The van der Waals surface area contributed by atoms with E-state index in [2.05, 4.69) is 5.32 Å². The van der Waals surface area contributed by atoms with Crippen LogP contribution in [0.4, 0.5) is 10.1 Å². The fraction of sp³-hybridized carbons (Fsp3) is 0.273. The van der Waals surface area contributed by atoms with Gasteiger partial charge in [0.1, 0.15) is 5.75 Å². The smallest absolute Gasteiger partial charge is 0.228 e. The van der Waals surface area contributed by atoms with E-state index in [9.17, 15) is 4.39 Å². The highest BCUT2D eigenvalue weighted by molar-refractivity contribution is 5.51. The number of ether oxygens (including phenoxy) is 1. The number of nitrogens with one attached hydrogen (secondary N) is 1. The quantitative estimate of drug-likeness (QED) is 0.795. The summed E-state index contributed by atoms with van der Waals surface area (Å²) in [6, 6.07) is 7.19. The first-order chi connectivity index (χ1) is 6.76. The standard InChI is InChI=1S/C11H14FNO/c1-3-9(2)13-10-5-4-6-11(7-10)14-8-12/h3-7,13H,8H2,1-2H3/b9-3-. The predicted octanol–water partition coefficient (Wildman–Crippen LogP) is 3.33. The van der Waals surface area contributed by atoms with Crippen LogP contribution >= 0.6 is 0 Å². The average molecular weight is 195 g/mol. The van der Waals surface area contributed by atoms with E-state index in [0.29, 0.717) is 5.75 Å². The number of anilines is 1. The lowest BCUT2D eigenvalue weighted by Crippen LogP contribution is -1.96. The van der Waals surface area contributed by atoms with Gasteiger partial charge in [-0.3, -0.25) is 0 Å². The Bertz CT molecular complexity index is 323. The SMILES string of the molecule is C/C=C(/C)Nc1cccc(OCF)c1. The molecule has 0 bridgehead atoms. The van der Waals surface area contributed by atoms with Crippen molar-refractivity contribution in [2.75, 3.05) is 12.2 Å². The maximum absolute atomic E-state index is 11.9. The summed E-state index contributed by atoms with van der Waals surface area (Å²) in [5, 5.41) is 3.15. The van der Waals surface area contributed by atoms with Crippen molar-refractivity contribution in [2.24, 2.45) is 0 Å². The number of rotatable bonds is 4. The third-order valence-corrected chi connectivity index (χ3v) is 1.83. The van der Waals surface area contributed by atoms with Gasteiger partial charge in [-0.15, -0.1) is 0 Å². The van der Waals surface area contributed by atoms with E-state index >= 15 is 0 Å². The number of halogens is 1. The van der Waals surface area contributed by atoms with Crippen molar-refractivity contribution >= 4 is 5.69 Å². The Kier molecular flexibility index (Phi) is 3.98. The lowest BCUT2D eigenvalue weighted by Gasteiger charge is -2.07. The Morgan fingerprint density at radius 1 is 1.57 bits per heavy atom. The molecule has 0 aromatic heterocycles. The zero-order valence-corrected chi connectivity index (χ0v) is 8.38. The van der Waals surface area contributed by atoms with Gasteiger partial charge in [-0.25, -0.2) is 4.39 Å². The highest BCUT2D eigenvalue weighted by Gasteiger charge is 1.96. The Morgan fingerprint density at radius 3 is 3.00 bits per heavy atom. The Balaban J connectivity index is 2.73.